The number of carboxylic acid groups (broad SMARTS) is 1. The fourth-order valence-electron chi connectivity index (χ4n) is 4.31. The number of hydrogen-bond donors (Lipinski definition) is 1. The minimum absolute atomic E-state index is 0.121. The van der Waals surface area contributed by atoms with Crippen LogP contribution in [0.25, 0.3) is 28.2 Å². The molecule has 1 aromatic carbocycles. The van der Waals surface area contributed by atoms with E-state index >= 15 is 0 Å². The maximum atomic E-state index is 13.6. The molecule has 1 N–H and O–H groups in total. The molecule has 0 aliphatic carbocycles. The fourth-order valence-corrected chi connectivity index (χ4v) is 4.31. The van der Waals surface area contributed by atoms with Crippen LogP contribution < -0.4 is 4.90 Å². The van der Waals surface area contributed by atoms with Gasteiger partial charge in [-0.1, -0.05) is 0 Å². The smallest absolute Gasteiger partial charge is 0.407 e. The monoisotopic (exact) mass is 482 g/mol. The van der Waals surface area contributed by atoms with E-state index in [-0.39, 0.29) is 11.7 Å². The number of anilines is 1. The molecular formula is C24H21F3N6O2. The summed E-state index contributed by atoms with van der Waals surface area (Å²) >= 11 is 0. The Morgan fingerprint density at radius 2 is 1.86 bits per heavy atom. The van der Waals surface area contributed by atoms with Crippen LogP contribution in [-0.2, 0) is 0 Å². The van der Waals surface area contributed by atoms with Crippen molar-refractivity contribution >= 4 is 23.1 Å². The van der Waals surface area contributed by atoms with Gasteiger partial charge in [0.2, 0.25) is 0 Å². The lowest BCUT2D eigenvalue weighted by molar-refractivity contribution is 0.136. The van der Waals surface area contributed by atoms with Crippen LogP contribution in [0, 0.1) is 5.82 Å². The first kappa shape index (κ1) is 22.6. The zero-order valence-electron chi connectivity index (χ0n) is 18.6. The van der Waals surface area contributed by atoms with E-state index in [4.69, 9.17) is 4.98 Å². The third kappa shape index (κ3) is 4.25. The van der Waals surface area contributed by atoms with Gasteiger partial charge in [0.25, 0.3) is 6.43 Å². The molecule has 1 fully saturated rings. The van der Waals surface area contributed by atoms with Crippen LogP contribution in [0.4, 0.5) is 23.8 Å². The van der Waals surface area contributed by atoms with E-state index in [2.05, 4.69) is 9.97 Å². The Balaban J connectivity index is 1.65. The molecule has 5 rings (SSSR count). The Morgan fingerprint density at radius 1 is 1.09 bits per heavy atom. The van der Waals surface area contributed by atoms with Crippen LogP contribution in [-0.4, -0.2) is 61.3 Å². The van der Waals surface area contributed by atoms with Crippen molar-refractivity contribution in [2.45, 2.75) is 19.4 Å². The summed E-state index contributed by atoms with van der Waals surface area (Å²) in [5, 5.41) is 9.30. The minimum Gasteiger partial charge on any atom is -0.465 e. The lowest BCUT2D eigenvalue weighted by Crippen LogP contribution is -2.53. The molecule has 180 valence electrons. The topological polar surface area (TPSA) is 87.4 Å². The molecule has 8 nitrogen and oxygen atoms in total. The molecular weight excluding hydrogens is 461 g/mol. The predicted octanol–water partition coefficient (Wildman–Crippen LogP) is 4.75. The van der Waals surface area contributed by atoms with Gasteiger partial charge in [-0.05, 0) is 55.5 Å². The van der Waals surface area contributed by atoms with E-state index < -0.39 is 18.3 Å². The number of carbonyl (C=O) groups is 1. The first-order valence-corrected chi connectivity index (χ1v) is 11.0. The molecule has 11 heteroatoms. The van der Waals surface area contributed by atoms with Crippen molar-refractivity contribution in [3.8, 4) is 17.1 Å². The van der Waals surface area contributed by atoms with Crippen LogP contribution in [0.15, 0.2) is 54.7 Å². The zero-order valence-corrected chi connectivity index (χ0v) is 18.6. The number of halogens is 3. The normalized spacial score (nSPS) is 16.3. The standard InChI is InChI=1S/C24H21F3N6O2/c1-14-13-31(24(34)35)10-11-32(14)20-7-6-18-23(30-20)33(17-8-9-28-19(12-17)21(26)27)22(29-18)15-2-4-16(25)5-3-15/h2-9,12,14,21H,10-11,13H2,1H3,(H,34,35)/t14-/m1/s1. The van der Waals surface area contributed by atoms with E-state index in [1.165, 1.54) is 29.3 Å². The second-order valence-electron chi connectivity index (χ2n) is 8.30. The summed E-state index contributed by atoms with van der Waals surface area (Å²) in [4.78, 5) is 27.9. The minimum atomic E-state index is -2.76. The highest BCUT2D eigenvalue weighted by Gasteiger charge is 2.28. The number of alkyl halides is 2. The van der Waals surface area contributed by atoms with Gasteiger partial charge < -0.3 is 14.9 Å². The van der Waals surface area contributed by atoms with E-state index in [0.717, 1.165) is 0 Å². The van der Waals surface area contributed by atoms with E-state index in [0.29, 0.717) is 53.7 Å². The molecule has 1 aliphatic heterocycles. The molecule has 4 aromatic rings. The van der Waals surface area contributed by atoms with Crippen molar-refractivity contribution in [2.75, 3.05) is 24.5 Å². The molecule has 35 heavy (non-hydrogen) atoms. The number of fused-ring (bicyclic) bond motifs is 1. The summed E-state index contributed by atoms with van der Waals surface area (Å²) in [7, 11) is 0. The largest absolute Gasteiger partial charge is 0.465 e. The number of amides is 1. The number of benzene rings is 1. The second-order valence-corrected chi connectivity index (χ2v) is 8.30. The second kappa shape index (κ2) is 8.90. The van der Waals surface area contributed by atoms with Crippen molar-refractivity contribution in [1.82, 2.24) is 24.4 Å². The van der Waals surface area contributed by atoms with E-state index in [1.807, 2.05) is 11.8 Å². The SMILES string of the molecule is C[C@@H]1CN(C(=O)O)CCN1c1ccc2nc(-c3ccc(F)cc3)n(-c3ccnc(C(F)F)c3)c2n1. The Morgan fingerprint density at radius 3 is 2.54 bits per heavy atom. The zero-order chi connectivity index (χ0) is 24.7. The van der Waals surface area contributed by atoms with Crippen LogP contribution >= 0.6 is 0 Å². The first-order chi connectivity index (χ1) is 16.8. The summed E-state index contributed by atoms with van der Waals surface area (Å²) in [5.74, 6) is 0.625. The van der Waals surface area contributed by atoms with Crippen LogP contribution in [0.5, 0.6) is 0 Å². The number of rotatable bonds is 4. The van der Waals surface area contributed by atoms with Crippen molar-refractivity contribution in [1.29, 1.82) is 0 Å². The molecule has 0 saturated carbocycles. The molecule has 1 saturated heterocycles. The van der Waals surface area contributed by atoms with Gasteiger partial charge in [0, 0.05) is 37.4 Å². The number of hydrogen-bond acceptors (Lipinski definition) is 5. The van der Waals surface area contributed by atoms with Crippen molar-refractivity contribution in [3.63, 3.8) is 0 Å². The van der Waals surface area contributed by atoms with Gasteiger partial charge in [0.1, 0.15) is 28.7 Å². The quantitative estimate of drug-likeness (QED) is 0.452. The molecule has 3 aromatic heterocycles. The lowest BCUT2D eigenvalue weighted by atomic mass is 10.2. The number of pyridine rings is 2. The predicted molar refractivity (Wildman–Crippen MR) is 123 cm³/mol. The van der Waals surface area contributed by atoms with Crippen molar-refractivity contribution < 1.29 is 23.1 Å². The van der Waals surface area contributed by atoms with Gasteiger partial charge in [-0.25, -0.2) is 27.9 Å². The van der Waals surface area contributed by atoms with Gasteiger partial charge in [-0.15, -0.1) is 0 Å². The lowest BCUT2D eigenvalue weighted by Gasteiger charge is -2.39. The molecule has 0 bridgehead atoms. The average molecular weight is 482 g/mol. The van der Waals surface area contributed by atoms with Crippen molar-refractivity contribution in [3.05, 3.63) is 66.2 Å². The van der Waals surface area contributed by atoms with Crippen LogP contribution in [0.2, 0.25) is 0 Å². The molecule has 1 atom stereocenters. The molecule has 0 radical (unpaired) electrons. The Kier molecular flexibility index (Phi) is 5.75. The Labute approximate surface area is 198 Å². The Bertz CT molecular complexity index is 1390. The highest BCUT2D eigenvalue weighted by atomic mass is 19.3. The summed E-state index contributed by atoms with van der Waals surface area (Å²) in [6, 6.07) is 12.1. The average Bonchev–Trinajstić information content (AvgIpc) is 3.23. The van der Waals surface area contributed by atoms with Crippen LogP contribution in [0.3, 0.4) is 0 Å². The highest BCUT2D eigenvalue weighted by molar-refractivity contribution is 5.81. The molecule has 0 spiro atoms. The summed E-state index contributed by atoms with van der Waals surface area (Å²) in [6.45, 7) is 3.04. The molecule has 1 aliphatic rings. The van der Waals surface area contributed by atoms with Crippen molar-refractivity contribution in [2.24, 2.45) is 0 Å². The summed E-state index contributed by atoms with van der Waals surface area (Å²) in [5.41, 5.74) is 1.56. The third-order valence-electron chi connectivity index (χ3n) is 6.03. The van der Waals surface area contributed by atoms with E-state index in [9.17, 15) is 23.1 Å². The molecule has 0 unspecified atom stereocenters. The summed E-state index contributed by atoms with van der Waals surface area (Å²) in [6.07, 6.45) is -2.42. The highest BCUT2D eigenvalue weighted by Crippen LogP contribution is 2.31. The third-order valence-corrected chi connectivity index (χ3v) is 6.03. The number of piperazine rings is 1. The number of aromatic nitrogens is 4. The van der Waals surface area contributed by atoms with Gasteiger partial charge >= 0.3 is 6.09 Å². The maximum Gasteiger partial charge on any atom is 0.407 e. The van der Waals surface area contributed by atoms with Gasteiger partial charge in [0.15, 0.2) is 5.65 Å². The molecule has 4 heterocycles. The van der Waals surface area contributed by atoms with Gasteiger partial charge in [-0.2, -0.15) is 0 Å². The fraction of sp³-hybridized carbons (Fsp3) is 0.250. The summed E-state index contributed by atoms with van der Waals surface area (Å²) < 4.78 is 42.0. The first-order valence-electron chi connectivity index (χ1n) is 11.0. The Hall–Kier alpha value is -4.15. The maximum absolute atomic E-state index is 13.6. The van der Waals surface area contributed by atoms with Gasteiger partial charge in [-0.3, -0.25) is 9.55 Å². The van der Waals surface area contributed by atoms with Gasteiger partial charge in [0.05, 0.1) is 5.69 Å². The van der Waals surface area contributed by atoms with E-state index in [1.54, 1.807) is 34.9 Å². The molecule has 1 amide bonds. The number of nitrogens with zero attached hydrogens (tertiary/aromatic N) is 6. The number of imidazole rings is 1. The van der Waals surface area contributed by atoms with Crippen LogP contribution in [0.1, 0.15) is 19.0 Å².